The molecule has 4 heteroatoms. The molecule has 4 nitrogen and oxygen atoms in total. The van der Waals surface area contributed by atoms with Crippen LogP contribution in [0.15, 0.2) is 0 Å². The quantitative estimate of drug-likeness (QED) is 0.309. The summed E-state index contributed by atoms with van der Waals surface area (Å²) in [7, 11) is 1.40. The molecule has 0 spiro atoms. The predicted octanol–water partition coefficient (Wildman–Crippen LogP) is -0.956. The van der Waals surface area contributed by atoms with E-state index in [0.717, 1.165) is 0 Å². The Labute approximate surface area is 70.5 Å². The predicted molar refractivity (Wildman–Crippen MR) is 41.2 cm³/mol. The Balaban J connectivity index is 2.63. The number of amides is 1. The van der Waals surface area contributed by atoms with Crippen LogP contribution in [0, 0.1) is 12.3 Å². The van der Waals surface area contributed by atoms with E-state index in [1.165, 1.54) is 12.0 Å². The van der Waals surface area contributed by atoms with Crippen molar-refractivity contribution in [2.45, 2.75) is 12.1 Å². The second-order valence-electron chi connectivity index (χ2n) is 2.45. The summed E-state index contributed by atoms with van der Waals surface area (Å²) in [5.41, 5.74) is 0. The number of ether oxygens (including phenoxy) is 1. The van der Waals surface area contributed by atoms with Crippen LogP contribution in [-0.4, -0.2) is 42.9 Å². The van der Waals surface area contributed by atoms with E-state index in [1.807, 2.05) is 0 Å². The van der Waals surface area contributed by atoms with E-state index in [9.17, 15) is 9.59 Å². The number of methoxy groups -OCH3 is 1. The van der Waals surface area contributed by atoms with Crippen molar-refractivity contribution in [2.75, 3.05) is 13.7 Å². The number of nitrogens with zero attached hydrogens (tertiary/aromatic N) is 1. The van der Waals surface area contributed by atoms with Crippen LogP contribution in [0.1, 0.15) is 0 Å². The highest BCUT2D eigenvalue weighted by atomic mass is 16.5. The van der Waals surface area contributed by atoms with Gasteiger partial charge in [-0.15, -0.1) is 6.42 Å². The SMILES string of the molecule is C#CCN1C(=O)[C@H](OC)[C@@H]1C=O. The van der Waals surface area contributed by atoms with Crippen molar-refractivity contribution < 1.29 is 14.3 Å². The lowest BCUT2D eigenvalue weighted by Crippen LogP contribution is -2.66. The Bertz CT molecular complexity index is 243. The van der Waals surface area contributed by atoms with Crippen molar-refractivity contribution in [3.63, 3.8) is 0 Å². The molecular formula is C8H9NO3. The smallest absolute Gasteiger partial charge is 0.255 e. The van der Waals surface area contributed by atoms with Crippen molar-refractivity contribution in [1.29, 1.82) is 0 Å². The number of β-lactam (4-membered cyclic amide) rings is 1. The maximum absolute atomic E-state index is 11.1. The monoisotopic (exact) mass is 167 g/mol. The van der Waals surface area contributed by atoms with E-state index in [-0.39, 0.29) is 12.5 Å². The van der Waals surface area contributed by atoms with Crippen LogP contribution >= 0.6 is 0 Å². The highest BCUT2D eigenvalue weighted by Gasteiger charge is 2.47. The van der Waals surface area contributed by atoms with E-state index in [4.69, 9.17) is 11.2 Å². The minimum atomic E-state index is -0.629. The first-order valence-corrected chi connectivity index (χ1v) is 3.48. The molecule has 1 fully saturated rings. The van der Waals surface area contributed by atoms with Gasteiger partial charge in [-0.3, -0.25) is 4.79 Å². The van der Waals surface area contributed by atoms with Crippen molar-refractivity contribution in [3.05, 3.63) is 0 Å². The maximum Gasteiger partial charge on any atom is 0.255 e. The Morgan fingerprint density at radius 2 is 2.50 bits per heavy atom. The van der Waals surface area contributed by atoms with E-state index in [1.54, 1.807) is 0 Å². The average Bonchev–Trinajstić information content (AvgIpc) is 2.09. The summed E-state index contributed by atoms with van der Waals surface area (Å²) in [6.07, 6.45) is 5.05. The summed E-state index contributed by atoms with van der Waals surface area (Å²) in [6.45, 7) is 0.169. The molecule has 0 N–H and O–H groups in total. The van der Waals surface area contributed by atoms with Gasteiger partial charge >= 0.3 is 0 Å². The van der Waals surface area contributed by atoms with Gasteiger partial charge in [0.1, 0.15) is 12.3 Å². The third-order valence-electron chi connectivity index (χ3n) is 1.85. The zero-order valence-electron chi connectivity index (χ0n) is 6.69. The van der Waals surface area contributed by atoms with Gasteiger partial charge in [0.25, 0.3) is 5.91 Å². The Morgan fingerprint density at radius 3 is 2.92 bits per heavy atom. The summed E-state index contributed by atoms with van der Waals surface area (Å²) in [4.78, 5) is 22.8. The van der Waals surface area contributed by atoms with Crippen LogP contribution in [0.25, 0.3) is 0 Å². The summed E-state index contributed by atoms with van der Waals surface area (Å²) in [5, 5.41) is 0. The van der Waals surface area contributed by atoms with Crippen molar-refractivity contribution in [1.82, 2.24) is 4.90 Å². The van der Waals surface area contributed by atoms with Crippen LogP contribution in [0.4, 0.5) is 0 Å². The van der Waals surface area contributed by atoms with E-state index in [2.05, 4.69) is 5.92 Å². The minimum Gasteiger partial charge on any atom is -0.369 e. The summed E-state index contributed by atoms with van der Waals surface area (Å²) in [6, 6.07) is -0.501. The van der Waals surface area contributed by atoms with Gasteiger partial charge in [-0.05, 0) is 0 Å². The standard InChI is InChI=1S/C8H9NO3/c1-3-4-9-6(5-10)7(12-2)8(9)11/h1,5-7H,4H2,2H3/t6-,7+/m0/s1. The molecule has 1 amide bonds. The molecule has 0 aliphatic carbocycles. The van der Waals surface area contributed by atoms with Gasteiger partial charge in [-0.2, -0.15) is 0 Å². The van der Waals surface area contributed by atoms with Gasteiger partial charge in [0.2, 0.25) is 0 Å². The van der Waals surface area contributed by atoms with Gasteiger partial charge in [0.05, 0.1) is 6.54 Å². The minimum absolute atomic E-state index is 0.169. The molecule has 1 aliphatic rings. The van der Waals surface area contributed by atoms with Crippen molar-refractivity contribution in [2.24, 2.45) is 0 Å². The molecule has 2 atom stereocenters. The van der Waals surface area contributed by atoms with E-state index >= 15 is 0 Å². The second-order valence-corrected chi connectivity index (χ2v) is 2.45. The fourth-order valence-corrected chi connectivity index (χ4v) is 1.20. The number of terminal acetylenes is 1. The molecule has 1 saturated heterocycles. The molecule has 0 aromatic heterocycles. The summed E-state index contributed by atoms with van der Waals surface area (Å²) < 4.78 is 4.79. The highest BCUT2D eigenvalue weighted by molar-refractivity contribution is 5.95. The number of rotatable bonds is 3. The molecule has 64 valence electrons. The van der Waals surface area contributed by atoms with Crippen LogP contribution in [0.3, 0.4) is 0 Å². The van der Waals surface area contributed by atoms with Gasteiger partial charge in [-0.1, -0.05) is 5.92 Å². The number of aldehydes is 1. The first kappa shape index (κ1) is 8.75. The van der Waals surface area contributed by atoms with E-state index < -0.39 is 12.1 Å². The van der Waals surface area contributed by atoms with Gasteiger partial charge in [-0.25, -0.2) is 0 Å². The Morgan fingerprint density at radius 1 is 1.83 bits per heavy atom. The van der Waals surface area contributed by atoms with Gasteiger partial charge in [0, 0.05) is 7.11 Å². The highest BCUT2D eigenvalue weighted by Crippen LogP contribution is 2.19. The van der Waals surface area contributed by atoms with Crippen LogP contribution in [0.2, 0.25) is 0 Å². The molecular weight excluding hydrogens is 158 g/mol. The summed E-state index contributed by atoms with van der Waals surface area (Å²) >= 11 is 0. The fraction of sp³-hybridized carbons (Fsp3) is 0.500. The average molecular weight is 167 g/mol. The molecule has 0 radical (unpaired) electrons. The third kappa shape index (κ3) is 1.08. The number of carbonyl (C=O) groups is 2. The van der Waals surface area contributed by atoms with E-state index in [0.29, 0.717) is 6.29 Å². The molecule has 0 saturated carbocycles. The molecule has 0 aromatic carbocycles. The largest absolute Gasteiger partial charge is 0.369 e. The topological polar surface area (TPSA) is 46.6 Å². The van der Waals surface area contributed by atoms with Crippen molar-refractivity contribution in [3.8, 4) is 12.3 Å². The normalized spacial score (nSPS) is 27.7. The molecule has 12 heavy (non-hydrogen) atoms. The van der Waals surface area contributed by atoms with Crippen LogP contribution in [-0.2, 0) is 14.3 Å². The lowest BCUT2D eigenvalue weighted by atomic mass is 10.00. The lowest BCUT2D eigenvalue weighted by Gasteiger charge is -2.41. The zero-order chi connectivity index (χ0) is 9.14. The molecule has 0 bridgehead atoms. The molecule has 1 aliphatic heterocycles. The third-order valence-corrected chi connectivity index (χ3v) is 1.85. The molecule has 0 unspecified atom stereocenters. The maximum atomic E-state index is 11.1. The summed E-state index contributed by atoms with van der Waals surface area (Å²) in [5.74, 6) is 2.08. The number of likely N-dealkylation sites (tertiary alicyclic amines) is 1. The lowest BCUT2D eigenvalue weighted by molar-refractivity contribution is -0.169. The number of carbonyl (C=O) groups excluding carboxylic acids is 2. The number of hydrogen-bond donors (Lipinski definition) is 0. The molecule has 0 aromatic rings. The van der Waals surface area contributed by atoms with Gasteiger partial charge < -0.3 is 14.4 Å². The van der Waals surface area contributed by atoms with Crippen molar-refractivity contribution >= 4 is 12.2 Å². The zero-order valence-corrected chi connectivity index (χ0v) is 6.69. The molecule has 1 heterocycles. The Hall–Kier alpha value is -1.34. The molecule has 1 rings (SSSR count). The second kappa shape index (κ2) is 3.37. The first-order chi connectivity index (χ1) is 5.76. The van der Waals surface area contributed by atoms with Crippen LogP contribution in [0.5, 0.6) is 0 Å². The number of hydrogen-bond acceptors (Lipinski definition) is 3. The first-order valence-electron chi connectivity index (χ1n) is 3.48. The van der Waals surface area contributed by atoms with Crippen LogP contribution < -0.4 is 0 Å². The fourth-order valence-electron chi connectivity index (χ4n) is 1.20. The Kier molecular flexibility index (Phi) is 2.46. The van der Waals surface area contributed by atoms with Gasteiger partial charge in [0.15, 0.2) is 6.10 Å².